The fraction of sp³-hybridized carbons (Fsp3) is 0. The van der Waals surface area contributed by atoms with Crippen LogP contribution in [0.25, 0.3) is 5.69 Å². The summed E-state index contributed by atoms with van der Waals surface area (Å²) in [5.74, 6) is -0.600. The highest BCUT2D eigenvalue weighted by atomic mass is 19.1. The van der Waals surface area contributed by atoms with Gasteiger partial charge in [0.2, 0.25) is 0 Å². The van der Waals surface area contributed by atoms with Crippen LogP contribution in [-0.4, -0.2) is 14.7 Å². The summed E-state index contributed by atoms with van der Waals surface area (Å²) in [6.45, 7) is 0. The number of hydrogen-bond acceptors (Lipinski definition) is 4. The molecule has 6 nitrogen and oxygen atoms in total. The average molecular weight is 232 g/mol. The van der Waals surface area contributed by atoms with Gasteiger partial charge in [-0.2, -0.15) is 10.4 Å². The van der Waals surface area contributed by atoms with E-state index in [9.17, 15) is 14.5 Å². The molecule has 1 heterocycles. The second-order valence-corrected chi connectivity index (χ2v) is 3.21. The molecule has 2 aromatic rings. The molecule has 0 aliphatic rings. The molecule has 84 valence electrons. The van der Waals surface area contributed by atoms with Crippen LogP contribution in [0, 0.1) is 27.3 Å². The molecule has 0 N–H and O–H groups in total. The number of rotatable bonds is 2. The Morgan fingerprint density at radius 1 is 1.47 bits per heavy atom. The van der Waals surface area contributed by atoms with Crippen LogP contribution in [0.3, 0.4) is 0 Å². The van der Waals surface area contributed by atoms with Crippen LogP contribution in [0.4, 0.5) is 10.1 Å². The van der Waals surface area contributed by atoms with Crippen LogP contribution in [0.15, 0.2) is 30.6 Å². The van der Waals surface area contributed by atoms with Crippen molar-refractivity contribution in [1.82, 2.24) is 9.78 Å². The summed E-state index contributed by atoms with van der Waals surface area (Å²) in [7, 11) is 0. The second-order valence-electron chi connectivity index (χ2n) is 3.21. The van der Waals surface area contributed by atoms with Crippen LogP contribution in [-0.2, 0) is 0 Å². The summed E-state index contributed by atoms with van der Waals surface area (Å²) in [5, 5.41) is 22.9. The largest absolute Gasteiger partial charge is 0.307 e. The number of benzene rings is 1. The Morgan fingerprint density at radius 3 is 2.82 bits per heavy atom. The monoisotopic (exact) mass is 232 g/mol. The van der Waals surface area contributed by atoms with Crippen molar-refractivity contribution in [1.29, 1.82) is 5.26 Å². The molecule has 1 aromatic carbocycles. The van der Waals surface area contributed by atoms with Crippen LogP contribution in [0.5, 0.6) is 0 Å². The van der Waals surface area contributed by atoms with E-state index < -0.39 is 10.7 Å². The van der Waals surface area contributed by atoms with E-state index in [1.165, 1.54) is 6.07 Å². The molecule has 0 amide bonds. The molecule has 0 unspecified atom stereocenters. The highest BCUT2D eigenvalue weighted by molar-refractivity contribution is 5.42. The van der Waals surface area contributed by atoms with Gasteiger partial charge >= 0.3 is 5.69 Å². The number of nitro groups is 1. The first kappa shape index (κ1) is 10.8. The number of nitriles is 1. The lowest BCUT2D eigenvalue weighted by Crippen LogP contribution is -1.96. The van der Waals surface area contributed by atoms with Crippen LogP contribution < -0.4 is 0 Å². The molecule has 0 radical (unpaired) electrons. The van der Waals surface area contributed by atoms with E-state index in [4.69, 9.17) is 5.26 Å². The van der Waals surface area contributed by atoms with E-state index in [0.717, 1.165) is 29.2 Å². The molecule has 0 saturated carbocycles. The summed E-state index contributed by atoms with van der Waals surface area (Å²) in [6, 6.07) is 5.39. The van der Waals surface area contributed by atoms with Gasteiger partial charge in [0, 0.05) is 0 Å². The maximum atomic E-state index is 13.1. The van der Waals surface area contributed by atoms with E-state index in [-0.39, 0.29) is 16.9 Å². The average Bonchev–Trinajstić information content (AvgIpc) is 2.77. The quantitative estimate of drug-likeness (QED) is 0.583. The van der Waals surface area contributed by atoms with Gasteiger partial charge in [-0.1, -0.05) is 0 Å². The first-order valence-corrected chi connectivity index (χ1v) is 4.50. The smallest absolute Gasteiger partial charge is 0.258 e. The lowest BCUT2D eigenvalue weighted by molar-refractivity contribution is -0.384. The highest BCUT2D eigenvalue weighted by Gasteiger charge is 2.11. The van der Waals surface area contributed by atoms with E-state index in [1.807, 2.05) is 0 Å². The summed E-state index contributed by atoms with van der Waals surface area (Å²) < 4.78 is 14.3. The van der Waals surface area contributed by atoms with Gasteiger partial charge in [0.05, 0.1) is 22.2 Å². The molecular formula is C10H5FN4O2. The summed E-state index contributed by atoms with van der Waals surface area (Å²) in [4.78, 5) is 9.86. The zero-order chi connectivity index (χ0) is 12.4. The zero-order valence-corrected chi connectivity index (χ0v) is 8.37. The predicted octanol–water partition coefficient (Wildman–Crippen LogP) is 1.79. The third-order valence-corrected chi connectivity index (χ3v) is 2.06. The van der Waals surface area contributed by atoms with E-state index in [1.54, 1.807) is 6.07 Å². The Morgan fingerprint density at radius 2 is 2.24 bits per heavy atom. The summed E-state index contributed by atoms with van der Waals surface area (Å²) in [6.07, 6.45) is 2.20. The topological polar surface area (TPSA) is 84.8 Å². The van der Waals surface area contributed by atoms with E-state index in [2.05, 4.69) is 5.10 Å². The lowest BCUT2D eigenvalue weighted by Gasteiger charge is -2.00. The normalized spacial score (nSPS) is 9.88. The van der Waals surface area contributed by atoms with Crippen molar-refractivity contribution < 1.29 is 9.31 Å². The van der Waals surface area contributed by atoms with Crippen LogP contribution in [0.1, 0.15) is 5.56 Å². The third kappa shape index (κ3) is 2.10. The SMILES string of the molecule is N#Cc1cc(F)cc(-n2cc([N+](=O)[O-])cn2)c1. The summed E-state index contributed by atoms with van der Waals surface area (Å²) in [5.41, 5.74) is 0.181. The fourth-order valence-electron chi connectivity index (χ4n) is 1.32. The van der Waals surface area contributed by atoms with Crippen molar-refractivity contribution >= 4 is 5.69 Å². The number of hydrogen-bond donors (Lipinski definition) is 0. The maximum absolute atomic E-state index is 13.1. The molecule has 17 heavy (non-hydrogen) atoms. The first-order chi connectivity index (χ1) is 8.10. The van der Waals surface area contributed by atoms with Gasteiger partial charge < -0.3 is 0 Å². The molecule has 0 fully saturated rings. The van der Waals surface area contributed by atoms with Crippen molar-refractivity contribution in [3.8, 4) is 11.8 Å². The molecule has 0 aliphatic heterocycles. The predicted molar refractivity (Wildman–Crippen MR) is 54.9 cm³/mol. The Hall–Kier alpha value is -2.75. The van der Waals surface area contributed by atoms with Gasteiger partial charge in [0.1, 0.15) is 18.2 Å². The Bertz CT molecular complexity index is 629. The highest BCUT2D eigenvalue weighted by Crippen LogP contribution is 2.16. The fourth-order valence-corrected chi connectivity index (χ4v) is 1.32. The van der Waals surface area contributed by atoms with Crippen LogP contribution in [0.2, 0.25) is 0 Å². The number of halogens is 1. The van der Waals surface area contributed by atoms with E-state index in [0.29, 0.717) is 0 Å². The van der Waals surface area contributed by atoms with Gasteiger partial charge in [-0.15, -0.1) is 0 Å². The zero-order valence-electron chi connectivity index (χ0n) is 8.37. The minimum Gasteiger partial charge on any atom is -0.258 e. The van der Waals surface area contributed by atoms with Crippen molar-refractivity contribution in [3.05, 3.63) is 52.1 Å². The molecule has 0 aliphatic carbocycles. The summed E-state index contributed by atoms with van der Waals surface area (Å²) >= 11 is 0. The Balaban J connectivity index is 2.49. The Labute approximate surface area is 94.7 Å². The third-order valence-electron chi connectivity index (χ3n) is 2.06. The van der Waals surface area contributed by atoms with Gasteiger partial charge in [-0.25, -0.2) is 9.07 Å². The van der Waals surface area contributed by atoms with Gasteiger partial charge in [-0.3, -0.25) is 10.1 Å². The van der Waals surface area contributed by atoms with Gasteiger partial charge in [0.25, 0.3) is 0 Å². The molecule has 7 heteroatoms. The minimum atomic E-state index is -0.603. The lowest BCUT2D eigenvalue weighted by atomic mass is 10.2. The maximum Gasteiger partial charge on any atom is 0.307 e. The molecule has 0 atom stereocenters. The second kappa shape index (κ2) is 4.02. The standard InChI is InChI=1S/C10H5FN4O2/c11-8-1-7(4-12)2-9(3-8)14-6-10(5-13-14)15(16)17/h1-3,5-6H. The van der Waals surface area contributed by atoms with Gasteiger partial charge in [-0.05, 0) is 18.2 Å². The number of nitrogens with zero attached hydrogens (tertiary/aromatic N) is 4. The van der Waals surface area contributed by atoms with Crippen molar-refractivity contribution in [2.45, 2.75) is 0 Å². The molecule has 0 spiro atoms. The molecule has 2 rings (SSSR count). The first-order valence-electron chi connectivity index (χ1n) is 4.50. The van der Waals surface area contributed by atoms with E-state index >= 15 is 0 Å². The van der Waals surface area contributed by atoms with Gasteiger partial charge in [0.15, 0.2) is 0 Å². The number of aromatic nitrogens is 2. The Kier molecular flexibility index (Phi) is 2.54. The minimum absolute atomic E-state index is 0.123. The molecular weight excluding hydrogens is 227 g/mol. The molecule has 0 bridgehead atoms. The van der Waals surface area contributed by atoms with Crippen LogP contribution >= 0.6 is 0 Å². The molecule has 0 saturated heterocycles. The van der Waals surface area contributed by atoms with Crippen molar-refractivity contribution in [2.75, 3.05) is 0 Å². The molecule has 1 aromatic heterocycles. The van der Waals surface area contributed by atoms with Crippen molar-refractivity contribution in [3.63, 3.8) is 0 Å². The van der Waals surface area contributed by atoms with Crippen molar-refractivity contribution in [2.24, 2.45) is 0 Å².